The number of H-pyrrole nitrogens is 1. The van der Waals surface area contributed by atoms with Gasteiger partial charge in [0.1, 0.15) is 5.82 Å². The second-order valence-corrected chi connectivity index (χ2v) is 5.00. The van der Waals surface area contributed by atoms with E-state index in [1.165, 1.54) is 7.11 Å². The Labute approximate surface area is 127 Å². The SMILES string of the molecule is COc1cc2nc(-c3ccc(C)cc3)[nH]c(=O)c2cc1OC. The molecule has 1 heterocycles. The number of benzene rings is 2. The summed E-state index contributed by atoms with van der Waals surface area (Å²) in [7, 11) is 3.09. The Hall–Kier alpha value is -2.82. The van der Waals surface area contributed by atoms with Gasteiger partial charge in [-0.3, -0.25) is 4.79 Å². The molecule has 0 unspecified atom stereocenters. The van der Waals surface area contributed by atoms with Crippen molar-refractivity contribution in [3.63, 3.8) is 0 Å². The molecule has 3 aromatic rings. The van der Waals surface area contributed by atoms with Crippen LogP contribution in [0.5, 0.6) is 11.5 Å². The number of aryl methyl sites for hydroxylation is 1. The van der Waals surface area contributed by atoms with E-state index in [-0.39, 0.29) is 5.56 Å². The van der Waals surface area contributed by atoms with Crippen molar-refractivity contribution >= 4 is 10.9 Å². The highest BCUT2D eigenvalue weighted by Crippen LogP contribution is 2.30. The maximum absolute atomic E-state index is 12.3. The van der Waals surface area contributed by atoms with E-state index < -0.39 is 0 Å². The summed E-state index contributed by atoms with van der Waals surface area (Å²) in [6.07, 6.45) is 0. The number of nitrogens with zero attached hydrogens (tertiary/aromatic N) is 1. The zero-order valence-electron chi connectivity index (χ0n) is 12.6. The van der Waals surface area contributed by atoms with Gasteiger partial charge in [0.05, 0.1) is 25.1 Å². The van der Waals surface area contributed by atoms with Gasteiger partial charge in [-0.2, -0.15) is 0 Å². The van der Waals surface area contributed by atoms with E-state index in [0.29, 0.717) is 28.2 Å². The third-order valence-corrected chi connectivity index (χ3v) is 3.54. The maximum atomic E-state index is 12.3. The minimum absolute atomic E-state index is 0.207. The molecule has 0 spiro atoms. The number of rotatable bonds is 3. The van der Waals surface area contributed by atoms with Crippen LogP contribution >= 0.6 is 0 Å². The lowest BCUT2D eigenvalue weighted by molar-refractivity contribution is 0.355. The fraction of sp³-hybridized carbons (Fsp3) is 0.176. The van der Waals surface area contributed by atoms with Gasteiger partial charge >= 0.3 is 0 Å². The maximum Gasteiger partial charge on any atom is 0.259 e. The predicted molar refractivity (Wildman–Crippen MR) is 85.6 cm³/mol. The lowest BCUT2D eigenvalue weighted by atomic mass is 10.1. The smallest absolute Gasteiger partial charge is 0.259 e. The Kier molecular flexibility index (Phi) is 3.55. The van der Waals surface area contributed by atoms with Gasteiger partial charge in [0.2, 0.25) is 0 Å². The van der Waals surface area contributed by atoms with Crippen molar-refractivity contribution in [1.29, 1.82) is 0 Å². The van der Waals surface area contributed by atoms with Crippen molar-refractivity contribution in [1.82, 2.24) is 9.97 Å². The molecule has 0 aliphatic heterocycles. The molecular weight excluding hydrogens is 280 g/mol. The quantitative estimate of drug-likeness (QED) is 0.807. The lowest BCUT2D eigenvalue weighted by Crippen LogP contribution is -2.10. The highest BCUT2D eigenvalue weighted by atomic mass is 16.5. The summed E-state index contributed by atoms with van der Waals surface area (Å²) in [5.74, 6) is 1.58. The summed E-state index contributed by atoms with van der Waals surface area (Å²) in [5.41, 5.74) is 2.37. The molecule has 0 fully saturated rings. The average Bonchev–Trinajstić information content (AvgIpc) is 2.54. The first-order chi connectivity index (χ1) is 10.6. The summed E-state index contributed by atoms with van der Waals surface area (Å²) in [6.45, 7) is 2.01. The van der Waals surface area contributed by atoms with Crippen LogP contribution in [0.1, 0.15) is 5.56 Å². The Bertz CT molecular complexity index is 883. The van der Waals surface area contributed by atoms with Gasteiger partial charge in [0.15, 0.2) is 11.5 Å². The topological polar surface area (TPSA) is 64.2 Å². The summed E-state index contributed by atoms with van der Waals surface area (Å²) in [5, 5.41) is 0.466. The third kappa shape index (κ3) is 2.41. The van der Waals surface area contributed by atoms with Gasteiger partial charge in [0.25, 0.3) is 5.56 Å². The summed E-state index contributed by atoms with van der Waals surface area (Å²) >= 11 is 0. The summed E-state index contributed by atoms with van der Waals surface area (Å²) in [6, 6.07) is 11.2. The Morgan fingerprint density at radius 1 is 1.00 bits per heavy atom. The van der Waals surface area contributed by atoms with E-state index in [2.05, 4.69) is 9.97 Å². The first-order valence-corrected chi connectivity index (χ1v) is 6.85. The molecule has 0 saturated heterocycles. The molecule has 22 heavy (non-hydrogen) atoms. The molecule has 0 bridgehead atoms. The number of aromatic amines is 1. The number of fused-ring (bicyclic) bond motifs is 1. The van der Waals surface area contributed by atoms with Crippen molar-refractivity contribution in [2.75, 3.05) is 14.2 Å². The number of hydrogen-bond donors (Lipinski definition) is 1. The van der Waals surface area contributed by atoms with E-state index in [4.69, 9.17) is 9.47 Å². The van der Waals surface area contributed by atoms with Crippen LogP contribution in [0.3, 0.4) is 0 Å². The molecule has 1 aromatic heterocycles. The number of aromatic nitrogens is 2. The highest BCUT2D eigenvalue weighted by molar-refractivity contribution is 5.83. The molecule has 1 N–H and O–H groups in total. The van der Waals surface area contributed by atoms with Crippen LogP contribution < -0.4 is 15.0 Å². The van der Waals surface area contributed by atoms with Crippen molar-refractivity contribution in [2.24, 2.45) is 0 Å². The summed E-state index contributed by atoms with van der Waals surface area (Å²) < 4.78 is 10.5. The molecule has 5 heteroatoms. The highest BCUT2D eigenvalue weighted by Gasteiger charge is 2.11. The fourth-order valence-electron chi connectivity index (χ4n) is 2.31. The zero-order chi connectivity index (χ0) is 15.7. The van der Waals surface area contributed by atoms with E-state index in [0.717, 1.165) is 11.1 Å². The molecule has 0 aliphatic rings. The monoisotopic (exact) mass is 296 g/mol. The van der Waals surface area contributed by atoms with Gasteiger partial charge in [-0.15, -0.1) is 0 Å². The summed E-state index contributed by atoms with van der Waals surface area (Å²) in [4.78, 5) is 19.7. The Morgan fingerprint density at radius 2 is 1.64 bits per heavy atom. The number of hydrogen-bond acceptors (Lipinski definition) is 4. The van der Waals surface area contributed by atoms with Gasteiger partial charge in [0, 0.05) is 11.6 Å². The van der Waals surface area contributed by atoms with Crippen LogP contribution in [-0.2, 0) is 0 Å². The van der Waals surface area contributed by atoms with Crippen LogP contribution in [0.25, 0.3) is 22.3 Å². The van der Waals surface area contributed by atoms with Gasteiger partial charge < -0.3 is 14.5 Å². The Balaban J connectivity index is 2.23. The first kappa shape index (κ1) is 14.1. The van der Waals surface area contributed by atoms with Crippen LogP contribution in [0.4, 0.5) is 0 Å². The van der Waals surface area contributed by atoms with E-state index in [1.807, 2.05) is 31.2 Å². The molecule has 0 radical (unpaired) electrons. The molecule has 0 aliphatic carbocycles. The molecule has 5 nitrogen and oxygen atoms in total. The number of methoxy groups -OCH3 is 2. The standard InChI is InChI=1S/C17H16N2O3/c1-10-4-6-11(7-5-10)16-18-13-9-15(22-3)14(21-2)8-12(13)17(20)19-16/h4-9H,1-3H3,(H,18,19,20). The van der Waals surface area contributed by atoms with Crippen molar-refractivity contribution in [2.45, 2.75) is 6.92 Å². The minimum Gasteiger partial charge on any atom is -0.493 e. The number of nitrogens with one attached hydrogen (secondary N) is 1. The van der Waals surface area contributed by atoms with Crippen LogP contribution in [0.2, 0.25) is 0 Å². The first-order valence-electron chi connectivity index (χ1n) is 6.85. The Morgan fingerprint density at radius 3 is 2.27 bits per heavy atom. The second-order valence-electron chi connectivity index (χ2n) is 5.00. The predicted octanol–water partition coefficient (Wildman–Crippen LogP) is 2.92. The van der Waals surface area contributed by atoms with Crippen LogP contribution in [-0.4, -0.2) is 24.2 Å². The van der Waals surface area contributed by atoms with E-state index >= 15 is 0 Å². The van der Waals surface area contributed by atoms with Crippen molar-refractivity contribution in [3.8, 4) is 22.9 Å². The van der Waals surface area contributed by atoms with Crippen LogP contribution in [0, 0.1) is 6.92 Å². The molecular formula is C17H16N2O3. The van der Waals surface area contributed by atoms with Crippen molar-refractivity contribution in [3.05, 3.63) is 52.3 Å². The molecule has 2 aromatic carbocycles. The molecule has 3 rings (SSSR count). The third-order valence-electron chi connectivity index (χ3n) is 3.54. The van der Waals surface area contributed by atoms with E-state index in [1.54, 1.807) is 19.2 Å². The molecule has 0 atom stereocenters. The molecule has 112 valence electrons. The van der Waals surface area contributed by atoms with Gasteiger partial charge in [-0.1, -0.05) is 29.8 Å². The van der Waals surface area contributed by atoms with E-state index in [9.17, 15) is 4.79 Å². The molecule has 0 amide bonds. The normalized spacial score (nSPS) is 10.7. The molecule has 0 saturated carbocycles. The largest absolute Gasteiger partial charge is 0.493 e. The average molecular weight is 296 g/mol. The second kappa shape index (κ2) is 5.52. The lowest BCUT2D eigenvalue weighted by Gasteiger charge is -2.09. The van der Waals surface area contributed by atoms with Crippen LogP contribution in [0.15, 0.2) is 41.2 Å². The van der Waals surface area contributed by atoms with Crippen molar-refractivity contribution < 1.29 is 9.47 Å². The van der Waals surface area contributed by atoms with Gasteiger partial charge in [-0.25, -0.2) is 4.98 Å². The zero-order valence-corrected chi connectivity index (χ0v) is 12.6. The van der Waals surface area contributed by atoms with Gasteiger partial charge in [-0.05, 0) is 13.0 Å². The fourth-order valence-corrected chi connectivity index (χ4v) is 2.31. The minimum atomic E-state index is -0.207. The number of ether oxygens (including phenoxy) is 2.